The molecule has 0 aliphatic heterocycles. The smallest absolute Gasteiger partial charge is 0.164 e. The maximum Gasteiger partial charge on any atom is 0.164 e. The van der Waals surface area contributed by atoms with Crippen molar-refractivity contribution in [2.24, 2.45) is 13.0 Å². The zero-order valence-electron chi connectivity index (χ0n) is 10.4. The molecule has 1 aromatic rings. The quantitative estimate of drug-likeness (QED) is 0.671. The van der Waals surface area contributed by atoms with Crippen LogP contribution in [0.15, 0.2) is 6.33 Å². The summed E-state index contributed by atoms with van der Waals surface area (Å²) in [5.74, 6) is 1.54. The van der Waals surface area contributed by atoms with Gasteiger partial charge in [0.25, 0.3) is 0 Å². The van der Waals surface area contributed by atoms with Crippen LogP contribution in [0.1, 0.15) is 26.1 Å². The van der Waals surface area contributed by atoms with Crippen molar-refractivity contribution in [3.63, 3.8) is 0 Å². The van der Waals surface area contributed by atoms with Gasteiger partial charge in [-0.2, -0.15) is 5.10 Å². The molecule has 0 amide bonds. The predicted molar refractivity (Wildman–Crippen MR) is 63.0 cm³/mol. The fourth-order valence-corrected chi connectivity index (χ4v) is 1.23. The second kappa shape index (κ2) is 7.35. The number of rotatable bonds is 8. The zero-order valence-corrected chi connectivity index (χ0v) is 10.4. The van der Waals surface area contributed by atoms with Crippen LogP contribution in [-0.2, 0) is 18.3 Å². The molecule has 5 nitrogen and oxygen atoms in total. The average molecular weight is 226 g/mol. The molecule has 0 saturated heterocycles. The summed E-state index contributed by atoms with van der Waals surface area (Å²) in [7, 11) is 1.87. The monoisotopic (exact) mass is 226 g/mol. The van der Waals surface area contributed by atoms with Crippen LogP contribution in [-0.4, -0.2) is 34.5 Å². The fourth-order valence-electron chi connectivity index (χ4n) is 1.23. The van der Waals surface area contributed by atoms with Crippen molar-refractivity contribution in [1.82, 2.24) is 20.1 Å². The number of aryl methyl sites for hydroxylation is 1. The Hall–Kier alpha value is -0.940. The highest BCUT2D eigenvalue weighted by atomic mass is 16.5. The number of nitrogens with zero attached hydrogens (tertiary/aromatic N) is 3. The SMILES string of the molecule is CC(C)CCOCCNCc1ncn(C)n1. The van der Waals surface area contributed by atoms with Crippen molar-refractivity contribution in [3.05, 3.63) is 12.2 Å². The van der Waals surface area contributed by atoms with Gasteiger partial charge in [0.1, 0.15) is 6.33 Å². The Morgan fingerprint density at radius 1 is 1.44 bits per heavy atom. The van der Waals surface area contributed by atoms with Crippen molar-refractivity contribution < 1.29 is 4.74 Å². The summed E-state index contributed by atoms with van der Waals surface area (Å²) in [4.78, 5) is 4.12. The molecule has 0 aromatic carbocycles. The van der Waals surface area contributed by atoms with E-state index in [1.807, 2.05) is 7.05 Å². The molecule has 0 fully saturated rings. The summed E-state index contributed by atoms with van der Waals surface area (Å²) in [6, 6.07) is 0. The highest BCUT2D eigenvalue weighted by Gasteiger charge is 1.97. The molecular formula is C11H22N4O. The maximum atomic E-state index is 5.48. The first-order valence-electron chi connectivity index (χ1n) is 5.81. The minimum atomic E-state index is 0.703. The molecule has 1 heterocycles. The van der Waals surface area contributed by atoms with Crippen molar-refractivity contribution >= 4 is 0 Å². The minimum absolute atomic E-state index is 0.703. The summed E-state index contributed by atoms with van der Waals surface area (Å²) >= 11 is 0. The Morgan fingerprint density at radius 2 is 2.25 bits per heavy atom. The molecule has 0 atom stereocenters. The third-order valence-corrected chi connectivity index (χ3v) is 2.19. The van der Waals surface area contributed by atoms with E-state index in [1.54, 1.807) is 11.0 Å². The molecule has 1 aromatic heterocycles. The standard InChI is InChI=1S/C11H22N4O/c1-10(2)4-6-16-7-5-12-8-11-13-9-15(3)14-11/h9-10,12H,4-8H2,1-3H3. The average Bonchev–Trinajstić information content (AvgIpc) is 2.62. The second-order valence-electron chi connectivity index (χ2n) is 4.31. The molecule has 0 aliphatic carbocycles. The van der Waals surface area contributed by atoms with E-state index in [-0.39, 0.29) is 0 Å². The van der Waals surface area contributed by atoms with Crippen molar-refractivity contribution in [1.29, 1.82) is 0 Å². The van der Waals surface area contributed by atoms with E-state index < -0.39 is 0 Å². The first kappa shape index (κ1) is 13.1. The Bertz CT molecular complexity index is 285. The summed E-state index contributed by atoms with van der Waals surface area (Å²) in [6.45, 7) is 7.55. The van der Waals surface area contributed by atoms with E-state index in [1.165, 1.54) is 0 Å². The third kappa shape index (κ3) is 5.82. The molecule has 1 rings (SSSR count). The van der Waals surface area contributed by atoms with Gasteiger partial charge in [-0.3, -0.25) is 4.68 Å². The van der Waals surface area contributed by atoms with Crippen molar-refractivity contribution in [2.75, 3.05) is 19.8 Å². The summed E-state index contributed by atoms with van der Waals surface area (Å²) in [5.41, 5.74) is 0. The van der Waals surface area contributed by atoms with E-state index in [9.17, 15) is 0 Å². The molecule has 16 heavy (non-hydrogen) atoms. The van der Waals surface area contributed by atoms with Gasteiger partial charge in [-0.25, -0.2) is 4.98 Å². The Kier molecular flexibility index (Phi) is 6.03. The molecule has 0 saturated carbocycles. The molecule has 0 radical (unpaired) electrons. The van der Waals surface area contributed by atoms with Crippen LogP contribution in [0.5, 0.6) is 0 Å². The van der Waals surface area contributed by atoms with Crippen LogP contribution in [0.25, 0.3) is 0 Å². The molecule has 5 heteroatoms. The number of aromatic nitrogens is 3. The van der Waals surface area contributed by atoms with Gasteiger partial charge in [-0.1, -0.05) is 13.8 Å². The van der Waals surface area contributed by atoms with Crippen molar-refractivity contribution in [2.45, 2.75) is 26.8 Å². The van der Waals surface area contributed by atoms with Gasteiger partial charge in [0.05, 0.1) is 13.2 Å². The lowest BCUT2D eigenvalue weighted by atomic mass is 10.1. The van der Waals surface area contributed by atoms with Gasteiger partial charge in [0, 0.05) is 20.2 Å². The third-order valence-electron chi connectivity index (χ3n) is 2.19. The van der Waals surface area contributed by atoms with Gasteiger partial charge in [-0.15, -0.1) is 0 Å². The van der Waals surface area contributed by atoms with Gasteiger partial charge < -0.3 is 10.1 Å². The highest BCUT2D eigenvalue weighted by molar-refractivity contribution is 4.79. The molecule has 0 aliphatic rings. The lowest BCUT2D eigenvalue weighted by Gasteiger charge is -2.06. The Labute approximate surface area is 97.2 Å². The van der Waals surface area contributed by atoms with Crippen molar-refractivity contribution in [3.8, 4) is 0 Å². The topological polar surface area (TPSA) is 52.0 Å². The van der Waals surface area contributed by atoms with Crippen LogP contribution in [0.4, 0.5) is 0 Å². The predicted octanol–water partition coefficient (Wildman–Crippen LogP) is 0.967. The number of hydrogen-bond donors (Lipinski definition) is 1. The largest absolute Gasteiger partial charge is 0.380 e. The first-order valence-corrected chi connectivity index (χ1v) is 5.81. The van der Waals surface area contributed by atoms with Crippen LogP contribution >= 0.6 is 0 Å². The highest BCUT2D eigenvalue weighted by Crippen LogP contribution is 1.98. The van der Waals surface area contributed by atoms with E-state index in [4.69, 9.17) is 4.74 Å². The van der Waals surface area contributed by atoms with Gasteiger partial charge >= 0.3 is 0 Å². The molecule has 92 valence electrons. The number of hydrogen-bond acceptors (Lipinski definition) is 4. The second-order valence-corrected chi connectivity index (χ2v) is 4.31. The molecule has 1 N–H and O–H groups in total. The number of nitrogens with one attached hydrogen (secondary N) is 1. The first-order chi connectivity index (χ1) is 7.68. The van der Waals surface area contributed by atoms with Gasteiger partial charge in [-0.05, 0) is 12.3 Å². The van der Waals surface area contributed by atoms with E-state index in [0.717, 1.165) is 32.0 Å². The molecule has 0 spiro atoms. The maximum absolute atomic E-state index is 5.48. The number of ether oxygens (including phenoxy) is 1. The zero-order chi connectivity index (χ0) is 11.8. The van der Waals surface area contributed by atoms with Crippen LogP contribution in [0, 0.1) is 5.92 Å². The van der Waals surface area contributed by atoms with Gasteiger partial charge in [0.2, 0.25) is 0 Å². The normalized spacial score (nSPS) is 11.2. The Morgan fingerprint density at radius 3 is 2.88 bits per heavy atom. The lowest BCUT2D eigenvalue weighted by Crippen LogP contribution is -2.20. The summed E-state index contributed by atoms with van der Waals surface area (Å²) < 4.78 is 7.18. The van der Waals surface area contributed by atoms with Crippen LogP contribution in [0.2, 0.25) is 0 Å². The lowest BCUT2D eigenvalue weighted by molar-refractivity contribution is 0.125. The van der Waals surface area contributed by atoms with Gasteiger partial charge in [0.15, 0.2) is 5.82 Å². The summed E-state index contributed by atoms with van der Waals surface area (Å²) in [5, 5.41) is 7.41. The van der Waals surface area contributed by atoms with E-state index >= 15 is 0 Å². The molecule has 0 unspecified atom stereocenters. The molecular weight excluding hydrogens is 204 g/mol. The minimum Gasteiger partial charge on any atom is -0.380 e. The van der Waals surface area contributed by atoms with E-state index in [2.05, 4.69) is 29.2 Å². The molecule has 0 bridgehead atoms. The Balaban J connectivity index is 1.92. The van der Waals surface area contributed by atoms with Crippen LogP contribution < -0.4 is 5.32 Å². The summed E-state index contributed by atoms with van der Waals surface area (Å²) in [6.07, 6.45) is 2.83. The van der Waals surface area contributed by atoms with E-state index in [0.29, 0.717) is 12.5 Å². The fraction of sp³-hybridized carbons (Fsp3) is 0.818. The van der Waals surface area contributed by atoms with Crippen LogP contribution in [0.3, 0.4) is 0 Å².